The van der Waals surface area contributed by atoms with E-state index in [0.717, 1.165) is 55.6 Å². The third-order valence-corrected chi connectivity index (χ3v) is 5.33. The first-order chi connectivity index (χ1) is 13.4. The lowest BCUT2D eigenvalue weighted by Crippen LogP contribution is -2.48. The molecule has 8 heteroatoms. The summed E-state index contributed by atoms with van der Waals surface area (Å²) in [5, 5.41) is 12.8. The topological polar surface area (TPSA) is 68.5 Å². The van der Waals surface area contributed by atoms with Gasteiger partial charge in [-0.2, -0.15) is 0 Å². The number of benzene rings is 1. The summed E-state index contributed by atoms with van der Waals surface area (Å²) in [6, 6.07) is 5.87. The Balaban J connectivity index is 2.07. The van der Waals surface area contributed by atoms with Crippen molar-refractivity contribution in [1.82, 2.24) is 30.0 Å². The van der Waals surface area contributed by atoms with E-state index in [1.165, 1.54) is 0 Å². The van der Waals surface area contributed by atoms with Crippen LogP contribution in [0.15, 0.2) is 18.2 Å². The lowest BCUT2D eigenvalue weighted by Gasteiger charge is -2.39. The average Bonchev–Trinajstić information content (AvgIpc) is 3.19. The highest BCUT2D eigenvalue weighted by Crippen LogP contribution is 2.37. The van der Waals surface area contributed by atoms with Crippen LogP contribution in [0.25, 0.3) is 0 Å². The van der Waals surface area contributed by atoms with Crippen LogP contribution in [0, 0.1) is 0 Å². The molecule has 2 aromatic rings. The first kappa shape index (κ1) is 20.5. The zero-order valence-electron chi connectivity index (χ0n) is 17.8. The highest BCUT2D eigenvalue weighted by Gasteiger charge is 2.34. The molecule has 154 valence electrons. The van der Waals surface area contributed by atoms with Crippen molar-refractivity contribution in [1.29, 1.82) is 0 Å². The molecule has 1 fully saturated rings. The van der Waals surface area contributed by atoms with Gasteiger partial charge >= 0.3 is 0 Å². The van der Waals surface area contributed by atoms with Gasteiger partial charge in [-0.05, 0) is 49.9 Å². The predicted molar refractivity (Wildman–Crippen MR) is 108 cm³/mol. The van der Waals surface area contributed by atoms with Gasteiger partial charge in [0.25, 0.3) is 0 Å². The number of hydrogen-bond donors (Lipinski definition) is 0. The van der Waals surface area contributed by atoms with E-state index in [1.54, 1.807) is 14.2 Å². The van der Waals surface area contributed by atoms with E-state index < -0.39 is 0 Å². The largest absolute Gasteiger partial charge is 0.497 e. The van der Waals surface area contributed by atoms with Crippen molar-refractivity contribution in [3.05, 3.63) is 29.6 Å². The van der Waals surface area contributed by atoms with Gasteiger partial charge in [0, 0.05) is 37.8 Å². The fourth-order valence-electron chi connectivity index (χ4n) is 3.72. The van der Waals surface area contributed by atoms with Gasteiger partial charge in [-0.3, -0.25) is 4.90 Å². The van der Waals surface area contributed by atoms with Gasteiger partial charge in [-0.1, -0.05) is 6.92 Å². The first-order valence-electron chi connectivity index (χ1n) is 9.86. The Hall–Kier alpha value is -2.19. The van der Waals surface area contributed by atoms with E-state index in [1.807, 2.05) is 16.8 Å². The molecule has 1 atom stereocenters. The van der Waals surface area contributed by atoms with Crippen LogP contribution >= 0.6 is 0 Å². The molecule has 0 N–H and O–H groups in total. The first-order valence-corrected chi connectivity index (χ1v) is 9.86. The maximum Gasteiger partial charge on any atom is 0.173 e. The Kier molecular flexibility index (Phi) is 6.20. The molecule has 1 aromatic carbocycles. The zero-order valence-corrected chi connectivity index (χ0v) is 17.8. The second-order valence-electron chi connectivity index (χ2n) is 8.10. The maximum absolute atomic E-state index is 5.73. The summed E-state index contributed by atoms with van der Waals surface area (Å²) in [4.78, 5) is 4.91. The number of ether oxygens (including phenoxy) is 2. The van der Waals surface area contributed by atoms with Crippen molar-refractivity contribution in [3.8, 4) is 11.5 Å². The van der Waals surface area contributed by atoms with Crippen LogP contribution in [0.1, 0.15) is 45.1 Å². The van der Waals surface area contributed by atoms with Crippen molar-refractivity contribution in [3.63, 3.8) is 0 Å². The molecule has 0 saturated carbocycles. The summed E-state index contributed by atoms with van der Waals surface area (Å²) < 4.78 is 13.0. The number of aromatic nitrogens is 4. The second-order valence-corrected chi connectivity index (χ2v) is 8.10. The molecule has 0 aliphatic carbocycles. The Morgan fingerprint density at radius 2 is 1.79 bits per heavy atom. The highest BCUT2D eigenvalue weighted by atomic mass is 16.5. The van der Waals surface area contributed by atoms with Gasteiger partial charge in [-0.15, -0.1) is 5.10 Å². The number of methoxy groups -OCH3 is 2. The third kappa shape index (κ3) is 4.12. The van der Waals surface area contributed by atoms with E-state index in [9.17, 15) is 0 Å². The summed E-state index contributed by atoms with van der Waals surface area (Å²) in [7, 11) is 3.35. The lowest BCUT2D eigenvalue weighted by molar-refractivity contribution is 0.105. The molecule has 0 spiro atoms. The van der Waals surface area contributed by atoms with E-state index in [4.69, 9.17) is 9.47 Å². The molecular formula is C20H32N6O2. The molecule has 1 aliphatic rings. The minimum Gasteiger partial charge on any atom is -0.497 e. The minimum absolute atomic E-state index is 0.0888. The van der Waals surface area contributed by atoms with E-state index in [0.29, 0.717) is 0 Å². The van der Waals surface area contributed by atoms with Gasteiger partial charge in [0.2, 0.25) is 0 Å². The van der Waals surface area contributed by atoms with E-state index >= 15 is 0 Å². The number of rotatable bonds is 6. The number of tetrazole rings is 1. The summed E-state index contributed by atoms with van der Waals surface area (Å²) in [6.07, 6.45) is 0. The van der Waals surface area contributed by atoms with E-state index in [2.05, 4.69) is 59.1 Å². The van der Waals surface area contributed by atoms with Gasteiger partial charge in [0.1, 0.15) is 17.5 Å². The molecular weight excluding hydrogens is 356 g/mol. The standard InChI is InChI=1S/C20H32N6O2/c1-7-24-10-12-25(13-11-24)18(19-21-22-23-26(19)20(2,3)4)16-9-8-15(27-5)14-17(16)28-6/h8-9,14,18H,7,10-13H2,1-6H3/t18-/m0/s1. The third-order valence-electron chi connectivity index (χ3n) is 5.33. The Morgan fingerprint density at radius 3 is 2.36 bits per heavy atom. The maximum atomic E-state index is 5.73. The molecule has 2 heterocycles. The van der Waals surface area contributed by atoms with Crippen molar-refractivity contribution in [2.75, 3.05) is 46.9 Å². The summed E-state index contributed by atoms with van der Waals surface area (Å²) in [5.41, 5.74) is 0.829. The van der Waals surface area contributed by atoms with Crippen LogP contribution in [0.5, 0.6) is 11.5 Å². The number of hydrogen-bond acceptors (Lipinski definition) is 7. The number of nitrogens with zero attached hydrogens (tertiary/aromatic N) is 6. The van der Waals surface area contributed by atoms with Gasteiger partial charge in [0.15, 0.2) is 5.82 Å². The molecule has 0 radical (unpaired) electrons. The quantitative estimate of drug-likeness (QED) is 0.751. The Bertz CT molecular complexity index is 777. The molecule has 1 aromatic heterocycles. The van der Waals surface area contributed by atoms with Crippen molar-refractivity contribution >= 4 is 0 Å². The normalized spacial score (nSPS) is 17.5. The van der Waals surface area contributed by atoms with E-state index in [-0.39, 0.29) is 11.6 Å². The highest BCUT2D eigenvalue weighted by molar-refractivity contribution is 5.44. The predicted octanol–water partition coefficient (Wildman–Crippen LogP) is 2.17. The molecule has 8 nitrogen and oxygen atoms in total. The molecule has 28 heavy (non-hydrogen) atoms. The summed E-state index contributed by atoms with van der Waals surface area (Å²) >= 11 is 0. The number of likely N-dealkylation sites (N-methyl/N-ethyl adjacent to an activating group) is 1. The second kappa shape index (κ2) is 8.45. The van der Waals surface area contributed by atoms with Crippen LogP contribution in [-0.2, 0) is 5.54 Å². The molecule has 1 aliphatic heterocycles. The lowest BCUT2D eigenvalue weighted by atomic mass is 10.00. The van der Waals surface area contributed by atoms with Crippen molar-refractivity contribution in [2.24, 2.45) is 0 Å². The molecule has 0 amide bonds. The SMILES string of the molecule is CCN1CCN([C@@H](c2ccc(OC)cc2OC)c2nnnn2C(C)(C)C)CC1. The van der Waals surface area contributed by atoms with Crippen LogP contribution in [0.4, 0.5) is 0 Å². The molecule has 1 saturated heterocycles. The Labute approximate surface area is 167 Å². The Morgan fingerprint density at radius 1 is 1.07 bits per heavy atom. The molecule has 0 unspecified atom stereocenters. The van der Waals surface area contributed by atoms with Crippen LogP contribution in [0.3, 0.4) is 0 Å². The van der Waals surface area contributed by atoms with Crippen LogP contribution in [0.2, 0.25) is 0 Å². The monoisotopic (exact) mass is 388 g/mol. The fourth-order valence-corrected chi connectivity index (χ4v) is 3.72. The van der Waals surface area contributed by atoms with Gasteiger partial charge in [-0.25, -0.2) is 4.68 Å². The average molecular weight is 389 g/mol. The van der Waals surface area contributed by atoms with Crippen LogP contribution < -0.4 is 9.47 Å². The van der Waals surface area contributed by atoms with Crippen LogP contribution in [-0.4, -0.2) is 77.0 Å². The smallest absolute Gasteiger partial charge is 0.173 e. The summed E-state index contributed by atoms with van der Waals surface area (Å²) in [6.45, 7) is 13.6. The fraction of sp³-hybridized carbons (Fsp3) is 0.650. The van der Waals surface area contributed by atoms with Gasteiger partial charge in [0.05, 0.1) is 19.8 Å². The molecule has 3 rings (SSSR count). The molecule has 0 bridgehead atoms. The zero-order chi connectivity index (χ0) is 20.3. The van der Waals surface area contributed by atoms with Gasteiger partial charge < -0.3 is 14.4 Å². The van der Waals surface area contributed by atoms with Crippen molar-refractivity contribution in [2.45, 2.75) is 39.3 Å². The minimum atomic E-state index is -0.220. The number of piperazine rings is 1. The summed E-state index contributed by atoms with van der Waals surface area (Å²) in [5.74, 6) is 2.39. The van der Waals surface area contributed by atoms with Crippen molar-refractivity contribution < 1.29 is 9.47 Å².